The third kappa shape index (κ3) is 4.04. The maximum atomic E-state index is 10.3. The van der Waals surface area contributed by atoms with E-state index in [9.17, 15) is 5.11 Å². The summed E-state index contributed by atoms with van der Waals surface area (Å²) in [5.74, 6) is 0. The number of thiophene rings is 1. The second-order valence-corrected chi connectivity index (χ2v) is 6.18. The van der Waals surface area contributed by atoms with E-state index in [1.165, 1.54) is 10.1 Å². The summed E-state index contributed by atoms with van der Waals surface area (Å²) in [7, 11) is 0. The predicted molar refractivity (Wildman–Crippen MR) is 90.1 cm³/mol. The molecule has 4 heteroatoms. The van der Waals surface area contributed by atoms with E-state index in [-0.39, 0.29) is 0 Å². The molecule has 3 nitrogen and oxygen atoms in total. The van der Waals surface area contributed by atoms with Crippen molar-refractivity contribution in [2.45, 2.75) is 26.9 Å². The highest BCUT2D eigenvalue weighted by molar-refractivity contribution is 7.17. The van der Waals surface area contributed by atoms with Crippen LogP contribution in [0.25, 0.3) is 10.1 Å². The van der Waals surface area contributed by atoms with Crippen LogP contribution in [0.15, 0.2) is 23.6 Å². The molecule has 0 bridgehead atoms. The molecule has 116 valence electrons. The van der Waals surface area contributed by atoms with Crippen molar-refractivity contribution >= 4 is 21.4 Å². The van der Waals surface area contributed by atoms with Gasteiger partial charge in [0, 0.05) is 11.2 Å². The molecule has 2 rings (SSSR count). The highest BCUT2D eigenvalue weighted by Gasteiger charge is 2.13. The molecule has 1 aromatic heterocycles. The lowest BCUT2D eigenvalue weighted by Gasteiger charge is -2.19. The third-order valence-corrected chi connectivity index (χ3v) is 4.91. The van der Waals surface area contributed by atoms with Gasteiger partial charge < -0.3 is 14.7 Å². The van der Waals surface area contributed by atoms with Crippen molar-refractivity contribution < 1.29 is 9.84 Å². The average Bonchev–Trinajstić information content (AvgIpc) is 2.97. The Hall–Kier alpha value is -0.940. The molecule has 21 heavy (non-hydrogen) atoms. The van der Waals surface area contributed by atoms with Crippen molar-refractivity contribution in [3.63, 3.8) is 0 Å². The van der Waals surface area contributed by atoms with Gasteiger partial charge in [0.15, 0.2) is 0 Å². The summed E-state index contributed by atoms with van der Waals surface area (Å²) >= 11 is 1.73. The minimum Gasteiger partial charge on any atom is -0.386 e. The molecule has 0 amide bonds. The maximum Gasteiger partial charge on any atom is 0.103 e. The molecule has 0 aliphatic carbocycles. The molecule has 0 fully saturated rings. The second kappa shape index (κ2) is 7.90. The maximum absolute atomic E-state index is 10.3. The average molecular weight is 307 g/mol. The molecule has 1 N–H and O–H groups in total. The Morgan fingerprint density at radius 3 is 2.71 bits per heavy atom. The van der Waals surface area contributed by atoms with E-state index in [1.54, 1.807) is 11.3 Å². The Balaban J connectivity index is 1.90. The number of aryl methyl sites for hydroxylation is 1. The van der Waals surface area contributed by atoms with Gasteiger partial charge >= 0.3 is 0 Å². The van der Waals surface area contributed by atoms with Gasteiger partial charge in [-0.2, -0.15) is 0 Å². The lowest BCUT2D eigenvalue weighted by molar-refractivity contribution is 0.0272. The number of hydrogen-bond acceptors (Lipinski definition) is 4. The van der Waals surface area contributed by atoms with Gasteiger partial charge in [-0.3, -0.25) is 0 Å². The number of nitrogens with zero attached hydrogens (tertiary/aromatic N) is 1. The second-order valence-electron chi connectivity index (χ2n) is 5.23. The zero-order chi connectivity index (χ0) is 15.2. The molecule has 1 heterocycles. The fraction of sp³-hybridized carbons (Fsp3) is 0.529. The molecule has 0 saturated carbocycles. The summed E-state index contributed by atoms with van der Waals surface area (Å²) in [5.41, 5.74) is 2.14. The van der Waals surface area contributed by atoms with E-state index in [1.807, 2.05) is 6.07 Å². The molecule has 2 aromatic rings. The first-order valence-electron chi connectivity index (χ1n) is 7.62. The lowest BCUT2D eigenvalue weighted by Crippen LogP contribution is -2.27. The zero-order valence-corrected chi connectivity index (χ0v) is 13.9. The number of rotatable bonds is 8. The van der Waals surface area contributed by atoms with Gasteiger partial charge in [-0.1, -0.05) is 19.9 Å². The number of benzene rings is 1. The summed E-state index contributed by atoms with van der Waals surface area (Å²) in [4.78, 5) is 2.31. The van der Waals surface area contributed by atoms with Gasteiger partial charge in [0.1, 0.15) is 6.10 Å². The van der Waals surface area contributed by atoms with Crippen LogP contribution in [0, 0.1) is 6.92 Å². The van der Waals surface area contributed by atoms with Gasteiger partial charge in [0.2, 0.25) is 0 Å². The van der Waals surface area contributed by atoms with Crippen LogP contribution in [-0.4, -0.2) is 42.9 Å². The Morgan fingerprint density at radius 1 is 1.24 bits per heavy atom. The van der Waals surface area contributed by atoms with Crippen LogP contribution >= 0.6 is 11.3 Å². The summed E-state index contributed by atoms with van der Waals surface area (Å²) in [5, 5.41) is 13.7. The number of aliphatic hydroxyl groups excluding tert-OH is 1. The van der Waals surface area contributed by atoms with Crippen molar-refractivity contribution in [1.29, 1.82) is 0 Å². The van der Waals surface area contributed by atoms with Gasteiger partial charge in [-0.15, -0.1) is 11.3 Å². The number of likely N-dealkylation sites (N-methyl/N-ethyl adjacent to an activating group) is 1. The molecule has 0 aliphatic heterocycles. The number of aliphatic hydroxyl groups is 1. The van der Waals surface area contributed by atoms with E-state index in [4.69, 9.17) is 4.74 Å². The van der Waals surface area contributed by atoms with Crippen LogP contribution in [0.4, 0.5) is 0 Å². The quantitative estimate of drug-likeness (QED) is 0.756. The fourth-order valence-corrected chi connectivity index (χ4v) is 3.43. The molecule has 0 aliphatic rings. The van der Waals surface area contributed by atoms with Crippen molar-refractivity contribution in [1.82, 2.24) is 4.90 Å². The first-order chi connectivity index (χ1) is 10.2. The third-order valence-electron chi connectivity index (χ3n) is 4.03. The zero-order valence-electron chi connectivity index (χ0n) is 13.1. The lowest BCUT2D eigenvalue weighted by atomic mass is 10.0. The first kappa shape index (κ1) is 16.4. The van der Waals surface area contributed by atoms with Gasteiger partial charge in [0.05, 0.1) is 13.2 Å². The van der Waals surface area contributed by atoms with Crippen LogP contribution in [-0.2, 0) is 4.74 Å². The van der Waals surface area contributed by atoms with Crippen LogP contribution in [0.2, 0.25) is 0 Å². The van der Waals surface area contributed by atoms with Gasteiger partial charge in [-0.05, 0) is 54.0 Å². The van der Waals surface area contributed by atoms with Crippen molar-refractivity contribution in [3.8, 4) is 0 Å². The number of hydrogen-bond donors (Lipinski definition) is 1. The predicted octanol–water partition coefficient (Wildman–Crippen LogP) is 3.60. The van der Waals surface area contributed by atoms with E-state index in [2.05, 4.69) is 43.2 Å². The minimum absolute atomic E-state index is 0.359. The normalized spacial score (nSPS) is 13.2. The van der Waals surface area contributed by atoms with E-state index >= 15 is 0 Å². The number of ether oxygens (including phenoxy) is 1. The van der Waals surface area contributed by atoms with Crippen molar-refractivity contribution in [3.05, 3.63) is 34.7 Å². The largest absolute Gasteiger partial charge is 0.386 e. The van der Waals surface area contributed by atoms with E-state index < -0.39 is 6.10 Å². The SMILES string of the molecule is CCN(CC)CCOCC(O)c1ccc2sccc2c1C. The fourth-order valence-electron chi connectivity index (χ4n) is 2.59. The van der Waals surface area contributed by atoms with Gasteiger partial charge in [0.25, 0.3) is 0 Å². The molecule has 0 saturated heterocycles. The van der Waals surface area contributed by atoms with E-state index in [0.717, 1.165) is 30.8 Å². The summed E-state index contributed by atoms with van der Waals surface area (Å²) in [6, 6.07) is 6.22. The monoisotopic (exact) mass is 307 g/mol. The Bertz CT molecular complexity index is 563. The molecule has 0 spiro atoms. The highest BCUT2D eigenvalue weighted by atomic mass is 32.1. The standard InChI is InChI=1S/C17H25NO2S/c1-4-18(5-2)9-10-20-12-16(19)14-6-7-17-15(13(14)3)8-11-21-17/h6-8,11,16,19H,4-5,9-10,12H2,1-3H3. The van der Waals surface area contributed by atoms with Gasteiger partial charge in [-0.25, -0.2) is 0 Å². The van der Waals surface area contributed by atoms with Crippen LogP contribution in [0.3, 0.4) is 0 Å². The highest BCUT2D eigenvalue weighted by Crippen LogP contribution is 2.29. The Kier molecular flexibility index (Phi) is 6.18. The molecule has 1 aromatic carbocycles. The minimum atomic E-state index is -0.550. The molecular weight excluding hydrogens is 282 g/mol. The molecule has 0 radical (unpaired) electrons. The Morgan fingerprint density at radius 2 is 2.00 bits per heavy atom. The van der Waals surface area contributed by atoms with E-state index in [0.29, 0.717) is 13.2 Å². The molecular formula is C17H25NO2S. The summed E-state index contributed by atoms with van der Waals surface area (Å²) in [6.07, 6.45) is -0.550. The first-order valence-corrected chi connectivity index (χ1v) is 8.50. The smallest absolute Gasteiger partial charge is 0.103 e. The van der Waals surface area contributed by atoms with Crippen LogP contribution in [0.1, 0.15) is 31.1 Å². The van der Waals surface area contributed by atoms with Crippen LogP contribution in [0.5, 0.6) is 0 Å². The van der Waals surface area contributed by atoms with Crippen LogP contribution < -0.4 is 0 Å². The number of fused-ring (bicyclic) bond motifs is 1. The van der Waals surface area contributed by atoms with Crippen molar-refractivity contribution in [2.24, 2.45) is 0 Å². The summed E-state index contributed by atoms with van der Waals surface area (Å²) < 4.78 is 6.91. The topological polar surface area (TPSA) is 32.7 Å². The summed E-state index contributed by atoms with van der Waals surface area (Å²) in [6.45, 7) is 10.4. The van der Waals surface area contributed by atoms with Crippen molar-refractivity contribution in [2.75, 3.05) is 32.8 Å². The molecule has 1 atom stereocenters. The Labute approximate surface area is 131 Å². The molecule has 1 unspecified atom stereocenters.